The summed E-state index contributed by atoms with van der Waals surface area (Å²) in [7, 11) is 0. The van der Waals surface area contributed by atoms with Crippen LogP contribution in [0.2, 0.25) is 0 Å². The van der Waals surface area contributed by atoms with Crippen molar-refractivity contribution in [2.75, 3.05) is 13.1 Å². The molecule has 0 aliphatic carbocycles. The van der Waals surface area contributed by atoms with E-state index in [1.807, 2.05) is 36.4 Å². The minimum absolute atomic E-state index is 0.117. The number of aliphatic carboxylic acids is 1. The Morgan fingerprint density at radius 2 is 1.07 bits per heavy atom. The van der Waals surface area contributed by atoms with E-state index in [1.165, 1.54) is 0 Å². The Kier molecular flexibility index (Phi) is 14.4. The standard InChI is InChI=1S/C29H42N6O5/c30-16-8-7-14-22(32)26(36)34-24(18-20-10-3-1-4-11-20)28(38)35-25(19-21-12-5-2-6-13-21)27(37)33-23(29(39)40)15-9-17-31/h1-6,10-13,22-25H,7-9,14-19,30-32H2,(H,33,37)(H,34,36)(H,35,38)(H,39,40)/t22-,23?,24-,25-/m0/s1. The Bertz CT molecular complexity index is 1070. The van der Waals surface area contributed by atoms with Gasteiger partial charge in [0.25, 0.3) is 0 Å². The summed E-state index contributed by atoms with van der Waals surface area (Å²) in [6.07, 6.45) is 2.67. The van der Waals surface area contributed by atoms with Gasteiger partial charge in [-0.1, -0.05) is 67.1 Å². The summed E-state index contributed by atoms with van der Waals surface area (Å²) in [5.74, 6) is -2.91. The highest BCUT2D eigenvalue weighted by Crippen LogP contribution is 2.09. The maximum absolute atomic E-state index is 13.6. The molecule has 0 heterocycles. The molecular formula is C29H42N6O5. The lowest BCUT2D eigenvalue weighted by atomic mass is 10.0. The zero-order valence-electron chi connectivity index (χ0n) is 22.8. The first-order chi connectivity index (χ1) is 19.2. The van der Waals surface area contributed by atoms with Crippen molar-refractivity contribution in [1.29, 1.82) is 0 Å². The van der Waals surface area contributed by atoms with Gasteiger partial charge in [-0.05, 0) is 49.9 Å². The second-order valence-corrected chi connectivity index (χ2v) is 9.72. The summed E-state index contributed by atoms with van der Waals surface area (Å²) in [6, 6.07) is 14.1. The molecule has 2 rings (SSSR count). The number of amides is 3. The molecule has 0 aliphatic heterocycles. The van der Waals surface area contributed by atoms with Gasteiger partial charge in [-0.2, -0.15) is 0 Å². The lowest BCUT2D eigenvalue weighted by Gasteiger charge is -2.25. The highest BCUT2D eigenvalue weighted by molar-refractivity contribution is 5.94. The number of unbranched alkanes of at least 4 members (excludes halogenated alkanes) is 1. The Hall–Kier alpha value is -3.80. The number of hydrogen-bond donors (Lipinski definition) is 7. The van der Waals surface area contributed by atoms with E-state index in [0.29, 0.717) is 25.8 Å². The molecule has 4 atom stereocenters. The van der Waals surface area contributed by atoms with Gasteiger partial charge < -0.3 is 38.3 Å². The molecule has 0 radical (unpaired) electrons. The van der Waals surface area contributed by atoms with E-state index < -0.39 is 47.9 Å². The second-order valence-electron chi connectivity index (χ2n) is 9.72. The van der Waals surface area contributed by atoms with Crippen LogP contribution in [0.3, 0.4) is 0 Å². The van der Waals surface area contributed by atoms with Gasteiger partial charge in [-0.3, -0.25) is 14.4 Å². The first-order valence-corrected chi connectivity index (χ1v) is 13.6. The van der Waals surface area contributed by atoms with E-state index in [1.54, 1.807) is 24.3 Å². The lowest BCUT2D eigenvalue weighted by Crippen LogP contribution is -2.58. The topological polar surface area (TPSA) is 203 Å². The van der Waals surface area contributed by atoms with Crippen molar-refractivity contribution in [3.05, 3.63) is 71.8 Å². The van der Waals surface area contributed by atoms with Crippen LogP contribution in [-0.4, -0.2) is 66.1 Å². The minimum Gasteiger partial charge on any atom is -0.480 e. The predicted octanol–water partition coefficient (Wildman–Crippen LogP) is 0.206. The van der Waals surface area contributed by atoms with Crippen LogP contribution in [0.25, 0.3) is 0 Å². The lowest BCUT2D eigenvalue weighted by molar-refractivity contribution is -0.142. The number of carbonyl (C=O) groups excluding carboxylic acids is 3. The molecule has 0 aromatic heterocycles. The fourth-order valence-corrected chi connectivity index (χ4v) is 4.16. The first-order valence-electron chi connectivity index (χ1n) is 13.6. The Morgan fingerprint density at radius 1 is 0.625 bits per heavy atom. The van der Waals surface area contributed by atoms with Crippen molar-refractivity contribution >= 4 is 23.7 Å². The Balaban J connectivity index is 2.25. The Labute approximate surface area is 235 Å². The molecule has 0 bridgehead atoms. The van der Waals surface area contributed by atoms with Gasteiger partial charge in [0, 0.05) is 12.8 Å². The van der Waals surface area contributed by atoms with Gasteiger partial charge in [-0.25, -0.2) is 4.79 Å². The van der Waals surface area contributed by atoms with Crippen LogP contribution in [0.5, 0.6) is 0 Å². The Morgan fingerprint density at radius 3 is 1.52 bits per heavy atom. The molecule has 11 nitrogen and oxygen atoms in total. The molecular weight excluding hydrogens is 512 g/mol. The van der Waals surface area contributed by atoms with Crippen molar-refractivity contribution in [3.8, 4) is 0 Å². The van der Waals surface area contributed by atoms with Crippen LogP contribution < -0.4 is 33.2 Å². The molecule has 218 valence electrons. The molecule has 3 amide bonds. The number of carbonyl (C=O) groups is 4. The average molecular weight is 555 g/mol. The molecule has 0 spiro atoms. The maximum atomic E-state index is 13.6. The third kappa shape index (κ3) is 11.5. The number of nitrogens with one attached hydrogen (secondary N) is 3. The van der Waals surface area contributed by atoms with Crippen molar-refractivity contribution < 1.29 is 24.3 Å². The highest BCUT2D eigenvalue weighted by Gasteiger charge is 2.30. The number of hydrogen-bond acceptors (Lipinski definition) is 7. The molecule has 40 heavy (non-hydrogen) atoms. The third-order valence-corrected chi connectivity index (χ3v) is 6.45. The summed E-state index contributed by atoms with van der Waals surface area (Å²) in [6.45, 7) is 0.770. The van der Waals surface area contributed by atoms with E-state index in [4.69, 9.17) is 17.2 Å². The quantitative estimate of drug-likeness (QED) is 0.127. The molecule has 0 saturated heterocycles. The van der Waals surface area contributed by atoms with Gasteiger partial charge in [0.05, 0.1) is 6.04 Å². The van der Waals surface area contributed by atoms with Crippen LogP contribution in [0.1, 0.15) is 43.2 Å². The number of benzene rings is 2. The second kappa shape index (κ2) is 17.7. The summed E-state index contributed by atoms with van der Waals surface area (Å²) < 4.78 is 0. The van der Waals surface area contributed by atoms with Crippen LogP contribution in [0.15, 0.2) is 60.7 Å². The van der Waals surface area contributed by atoms with E-state index in [0.717, 1.165) is 17.5 Å². The molecule has 10 N–H and O–H groups in total. The van der Waals surface area contributed by atoms with E-state index >= 15 is 0 Å². The summed E-state index contributed by atoms with van der Waals surface area (Å²) >= 11 is 0. The maximum Gasteiger partial charge on any atom is 0.326 e. The van der Waals surface area contributed by atoms with E-state index in [9.17, 15) is 24.3 Å². The molecule has 0 aliphatic rings. The molecule has 11 heteroatoms. The van der Waals surface area contributed by atoms with Crippen LogP contribution in [0, 0.1) is 0 Å². The van der Waals surface area contributed by atoms with Crippen molar-refractivity contribution in [3.63, 3.8) is 0 Å². The van der Waals surface area contributed by atoms with E-state index in [-0.39, 0.29) is 25.8 Å². The zero-order valence-corrected chi connectivity index (χ0v) is 22.8. The fourth-order valence-electron chi connectivity index (χ4n) is 4.16. The van der Waals surface area contributed by atoms with Gasteiger partial charge in [0.1, 0.15) is 18.1 Å². The van der Waals surface area contributed by atoms with Crippen LogP contribution in [0.4, 0.5) is 0 Å². The number of nitrogens with two attached hydrogens (primary N) is 3. The van der Waals surface area contributed by atoms with Crippen molar-refractivity contribution in [2.45, 2.75) is 69.1 Å². The van der Waals surface area contributed by atoms with Gasteiger partial charge in [-0.15, -0.1) is 0 Å². The number of carboxylic acids is 1. The zero-order chi connectivity index (χ0) is 29.3. The summed E-state index contributed by atoms with van der Waals surface area (Å²) in [4.78, 5) is 51.4. The van der Waals surface area contributed by atoms with Gasteiger partial charge >= 0.3 is 5.97 Å². The van der Waals surface area contributed by atoms with Crippen LogP contribution in [-0.2, 0) is 32.0 Å². The van der Waals surface area contributed by atoms with Crippen molar-refractivity contribution in [2.24, 2.45) is 17.2 Å². The molecule has 2 aromatic carbocycles. The predicted molar refractivity (Wildman–Crippen MR) is 153 cm³/mol. The van der Waals surface area contributed by atoms with E-state index in [2.05, 4.69) is 16.0 Å². The molecule has 0 saturated carbocycles. The third-order valence-electron chi connectivity index (χ3n) is 6.45. The highest BCUT2D eigenvalue weighted by atomic mass is 16.4. The normalized spacial score (nSPS) is 13.9. The van der Waals surface area contributed by atoms with Gasteiger partial charge in [0.15, 0.2) is 0 Å². The minimum atomic E-state index is -1.19. The molecule has 0 fully saturated rings. The van der Waals surface area contributed by atoms with Crippen LogP contribution >= 0.6 is 0 Å². The molecule has 1 unspecified atom stereocenters. The number of carboxylic acid groups (broad SMARTS) is 1. The number of rotatable bonds is 18. The largest absolute Gasteiger partial charge is 0.480 e. The average Bonchev–Trinajstić information content (AvgIpc) is 2.95. The summed E-state index contributed by atoms with van der Waals surface area (Å²) in [5, 5.41) is 17.6. The SMILES string of the molecule is NCCCC[C@H](N)C(=O)N[C@@H](Cc1ccccc1)C(=O)N[C@@H](Cc1ccccc1)C(=O)NC(CCCN)C(=O)O. The monoisotopic (exact) mass is 554 g/mol. The van der Waals surface area contributed by atoms with Gasteiger partial charge in [0.2, 0.25) is 17.7 Å². The van der Waals surface area contributed by atoms with Crippen molar-refractivity contribution in [1.82, 2.24) is 16.0 Å². The summed E-state index contributed by atoms with van der Waals surface area (Å²) in [5.41, 5.74) is 18.7. The fraction of sp³-hybridized carbons (Fsp3) is 0.448. The first kappa shape index (κ1) is 32.4. The smallest absolute Gasteiger partial charge is 0.326 e. The molecule has 2 aromatic rings.